The van der Waals surface area contributed by atoms with Gasteiger partial charge in [0.1, 0.15) is 24.7 Å². The Labute approximate surface area is 147 Å². The average molecular weight is 344 g/mol. The number of carbonyl (C=O) groups is 2. The van der Waals surface area contributed by atoms with Gasteiger partial charge in [-0.3, -0.25) is 0 Å². The minimum absolute atomic E-state index is 0.136. The Morgan fingerprint density at radius 1 is 0.840 bits per heavy atom. The summed E-state index contributed by atoms with van der Waals surface area (Å²) in [5, 5.41) is 0. The number of ether oxygens (including phenoxy) is 3. The van der Waals surface area contributed by atoms with Crippen LogP contribution in [-0.2, 0) is 9.53 Å². The van der Waals surface area contributed by atoms with Gasteiger partial charge in [0.25, 0.3) is 0 Å². The number of hydrogen-bond acceptors (Lipinski definition) is 5. The molecule has 0 aliphatic carbocycles. The molecule has 6 heteroatoms. The first-order chi connectivity index (χ1) is 11.9. The highest BCUT2D eigenvalue weighted by atomic mass is 16.7. The van der Waals surface area contributed by atoms with Gasteiger partial charge in [-0.05, 0) is 24.3 Å². The predicted molar refractivity (Wildman–Crippen MR) is 92.3 cm³/mol. The maximum absolute atomic E-state index is 12.0. The molecular formula is C19H22NO5+. The molecule has 0 saturated carbocycles. The minimum Gasteiger partial charge on any atom is -0.428 e. The van der Waals surface area contributed by atoms with Crippen molar-refractivity contribution in [3.05, 3.63) is 60.7 Å². The molecular weight excluding hydrogens is 322 g/mol. The summed E-state index contributed by atoms with van der Waals surface area (Å²) < 4.78 is 15.7. The highest BCUT2D eigenvalue weighted by molar-refractivity contribution is 5.73. The molecule has 6 nitrogen and oxygen atoms in total. The quantitative estimate of drug-likeness (QED) is 0.334. The van der Waals surface area contributed by atoms with Crippen molar-refractivity contribution < 1.29 is 28.3 Å². The van der Waals surface area contributed by atoms with E-state index in [1.165, 1.54) is 0 Å². The van der Waals surface area contributed by atoms with Crippen molar-refractivity contribution >= 4 is 12.1 Å². The Morgan fingerprint density at radius 2 is 1.36 bits per heavy atom. The van der Waals surface area contributed by atoms with Crippen LogP contribution in [0.2, 0.25) is 0 Å². The van der Waals surface area contributed by atoms with Gasteiger partial charge < -0.3 is 18.7 Å². The van der Waals surface area contributed by atoms with Crippen molar-refractivity contribution in [2.75, 3.05) is 33.8 Å². The first kappa shape index (κ1) is 18.5. The van der Waals surface area contributed by atoms with Crippen LogP contribution in [0, 0.1) is 0 Å². The minimum atomic E-state index is -0.766. The molecule has 0 aromatic heterocycles. The van der Waals surface area contributed by atoms with Crippen molar-refractivity contribution in [1.82, 2.24) is 0 Å². The highest BCUT2D eigenvalue weighted by Crippen LogP contribution is 2.10. The molecule has 0 N–H and O–H groups in total. The van der Waals surface area contributed by atoms with Crippen molar-refractivity contribution in [3.63, 3.8) is 0 Å². The van der Waals surface area contributed by atoms with Gasteiger partial charge in [-0.1, -0.05) is 36.4 Å². The molecule has 0 atom stereocenters. The summed E-state index contributed by atoms with van der Waals surface area (Å²) in [6, 6.07) is 17.6. The highest BCUT2D eigenvalue weighted by Gasteiger charge is 2.22. The molecule has 0 heterocycles. The molecule has 0 fully saturated rings. The van der Waals surface area contributed by atoms with E-state index in [1.54, 1.807) is 48.5 Å². The zero-order chi connectivity index (χ0) is 18.1. The Bertz CT molecular complexity index is 685. The lowest BCUT2D eigenvalue weighted by Crippen LogP contribution is -2.47. The van der Waals surface area contributed by atoms with Crippen LogP contribution in [0.15, 0.2) is 60.7 Å². The van der Waals surface area contributed by atoms with Crippen LogP contribution < -0.4 is 9.47 Å². The van der Waals surface area contributed by atoms with E-state index in [9.17, 15) is 9.59 Å². The lowest BCUT2D eigenvalue weighted by Gasteiger charge is -2.28. The van der Waals surface area contributed by atoms with E-state index in [1.807, 2.05) is 26.2 Å². The van der Waals surface area contributed by atoms with Gasteiger partial charge in [0, 0.05) is 0 Å². The molecule has 0 amide bonds. The molecule has 0 unspecified atom stereocenters. The number of likely N-dealkylation sites (N-methyl/N-ethyl adjacent to an activating group) is 1. The van der Waals surface area contributed by atoms with Gasteiger partial charge in [-0.25, -0.2) is 9.59 Å². The van der Waals surface area contributed by atoms with Crippen LogP contribution in [0.1, 0.15) is 0 Å². The first-order valence-electron chi connectivity index (χ1n) is 7.92. The molecule has 25 heavy (non-hydrogen) atoms. The van der Waals surface area contributed by atoms with Crippen LogP contribution in [0.5, 0.6) is 11.5 Å². The van der Waals surface area contributed by atoms with Crippen LogP contribution >= 0.6 is 0 Å². The van der Waals surface area contributed by atoms with Crippen LogP contribution in [0.25, 0.3) is 0 Å². The third-order valence-corrected chi connectivity index (χ3v) is 3.39. The maximum Gasteiger partial charge on any atom is 0.514 e. The van der Waals surface area contributed by atoms with Gasteiger partial charge in [0.05, 0.1) is 14.1 Å². The lowest BCUT2D eigenvalue weighted by atomic mass is 10.3. The number of esters is 1. The summed E-state index contributed by atoms with van der Waals surface area (Å²) in [7, 11) is 3.72. The van der Waals surface area contributed by atoms with Crippen LogP contribution in [0.4, 0.5) is 4.79 Å². The number of nitrogens with zero attached hydrogens (tertiary/aromatic N) is 1. The molecule has 132 valence electrons. The molecule has 0 aliphatic heterocycles. The summed E-state index contributed by atoms with van der Waals surface area (Å²) in [6.07, 6.45) is -0.766. The lowest BCUT2D eigenvalue weighted by molar-refractivity contribution is -0.883. The number of carbonyl (C=O) groups excluding carboxylic acids is 2. The summed E-state index contributed by atoms with van der Waals surface area (Å²) in [4.78, 5) is 23.6. The second-order valence-corrected chi connectivity index (χ2v) is 6.12. The Morgan fingerprint density at radius 3 is 1.92 bits per heavy atom. The molecule has 0 spiro atoms. The standard InChI is InChI=1S/C19H22NO5/c1-20(2,15-18(21)24-16-9-5-3-6-10-16)13-14-23-19(22)25-17-11-7-4-8-12-17/h3-12H,13-15H2,1-2H3/q+1. The van der Waals surface area contributed by atoms with Crippen LogP contribution in [0.3, 0.4) is 0 Å². The zero-order valence-electron chi connectivity index (χ0n) is 14.4. The number of hydrogen-bond donors (Lipinski definition) is 0. The third kappa shape index (κ3) is 7.05. The maximum atomic E-state index is 12.0. The Balaban J connectivity index is 1.71. The van der Waals surface area contributed by atoms with Crippen molar-refractivity contribution in [1.29, 1.82) is 0 Å². The summed E-state index contributed by atoms with van der Waals surface area (Å²) in [5.41, 5.74) is 0. The van der Waals surface area contributed by atoms with Gasteiger partial charge >= 0.3 is 12.1 Å². The fraction of sp³-hybridized carbons (Fsp3) is 0.263. The van der Waals surface area contributed by atoms with Crippen molar-refractivity contribution in [2.24, 2.45) is 0 Å². The smallest absolute Gasteiger partial charge is 0.428 e. The fourth-order valence-corrected chi connectivity index (χ4v) is 2.07. The van der Waals surface area contributed by atoms with Crippen molar-refractivity contribution in [2.45, 2.75) is 0 Å². The van der Waals surface area contributed by atoms with E-state index in [0.717, 1.165) is 0 Å². The van der Waals surface area contributed by atoms with E-state index < -0.39 is 6.16 Å². The van der Waals surface area contributed by atoms with Crippen molar-refractivity contribution in [3.8, 4) is 11.5 Å². The third-order valence-electron chi connectivity index (χ3n) is 3.39. The number of rotatable bonds is 7. The average Bonchev–Trinajstić information content (AvgIpc) is 2.55. The summed E-state index contributed by atoms with van der Waals surface area (Å²) >= 11 is 0. The number of para-hydroxylation sites is 2. The van der Waals surface area contributed by atoms with E-state index >= 15 is 0 Å². The molecule has 0 saturated heterocycles. The molecule has 0 bridgehead atoms. The molecule has 2 rings (SSSR count). The molecule has 0 aliphatic rings. The van der Waals surface area contributed by atoms with E-state index in [-0.39, 0.29) is 19.1 Å². The topological polar surface area (TPSA) is 61.8 Å². The normalized spacial score (nSPS) is 10.8. The monoisotopic (exact) mass is 344 g/mol. The first-order valence-corrected chi connectivity index (χ1v) is 7.92. The fourth-order valence-electron chi connectivity index (χ4n) is 2.07. The zero-order valence-corrected chi connectivity index (χ0v) is 14.4. The second-order valence-electron chi connectivity index (χ2n) is 6.12. The van der Waals surface area contributed by atoms with Gasteiger partial charge in [0.2, 0.25) is 0 Å². The number of benzene rings is 2. The Hall–Kier alpha value is -2.86. The summed E-state index contributed by atoms with van der Waals surface area (Å²) in [5.74, 6) is 0.589. The van der Waals surface area contributed by atoms with Gasteiger partial charge in [-0.2, -0.15) is 0 Å². The van der Waals surface area contributed by atoms with Gasteiger partial charge in [0.15, 0.2) is 6.54 Å². The van der Waals surface area contributed by atoms with E-state index in [0.29, 0.717) is 22.5 Å². The SMILES string of the molecule is C[N+](C)(CCOC(=O)Oc1ccccc1)CC(=O)Oc1ccccc1. The van der Waals surface area contributed by atoms with E-state index in [4.69, 9.17) is 14.2 Å². The second kappa shape index (κ2) is 8.84. The molecule has 2 aromatic rings. The predicted octanol–water partition coefficient (Wildman–Crippen LogP) is 2.88. The van der Waals surface area contributed by atoms with Gasteiger partial charge in [-0.15, -0.1) is 0 Å². The Kier molecular flexibility index (Phi) is 6.54. The number of quaternary nitrogens is 1. The van der Waals surface area contributed by atoms with Crippen LogP contribution in [-0.4, -0.2) is 50.4 Å². The molecule has 0 radical (unpaired) electrons. The molecule has 2 aromatic carbocycles. The largest absolute Gasteiger partial charge is 0.514 e. The summed E-state index contributed by atoms with van der Waals surface area (Å²) in [6.45, 7) is 0.747. The van der Waals surface area contributed by atoms with E-state index in [2.05, 4.69) is 0 Å².